The summed E-state index contributed by atoms with van der Waals surface area (Å²) >= 11 is 0. The Morgan fingerprint density at radius 3 is 2.79 bits per heavy atom. The number of aromatic nitrogens is 3. The van der Waals surface area contributed by atoms with Crippen LogP contribution in [-0.4, -0.2) is 47.7 Å². The van der Waals surface area contributed by atoms with Crippen molar-refractivity contribution in [2.45, 2.75) is 17.4 Å². The van der Waals surface area contributed by atoms with Crippen LogP contribution in [0.1, 0.15) is 18.2 Å². The molecule has 0 amide bonds. The highest BCUT2D eigenvalue weighted by molar-refractivity contribution is 7.89. The number of rotatable bonds is 6. The van der Waals surface area contributed by atoms with E-state index in [2.05, 4.69) is 20.7 Å². The Labute approximate surface area is 169 Å². The highest BCUT2D eigenvalue weighted by Crippen LogP contribution is 2.30. The highest BCUT2D eigenvalue weighted by Gasteiger charge is 2.30. The van der Waals surface area contributed by atoms with Gasteiger partial charge in [0.05, 0.1) is 22.1 Å². The molecule has 5 rings (SSSR count). The molecule has 1 atom stereocenters. The summed E-state index contributed by atoms with van der Waals surface area (Å²) < 4.78 is 30.6. The second-order valence-corrected chi connectivity index (χ2v) is 9.28. The summed E-state index contributed by atoms with van der Waals surface area (Å²) in [5, 5.41) is 6.79. The molecule has 0 aliphatic carbocycles. The van der Waals surface area contributed by atoms with E-state index in [1.54, 1.807) is 18.3 Å². The van der Waals surface area contributed by atoms with E-state index in [0.29, 0.717) is 0 Å². The van der Waals surface area contributed by atoms with Crippen LogP contribution in [-0.2, 0) is 17.1 Å². The molecule has 8 heteroatoms. The second kappa shape index (κ2) is 6.98. The zero-order valence-corrected chi connectivity index (χ0v) is 17.0. The van der Waals surface area contributed by atoms with Crippen LogP contribution >= 0.6 is 0 Å². The van der Waals surface area contributed by atoms with Gasteiger partial charge in [-0.25, -0.2) is 13.1 Å². The molecule has 150 valence electrons. The minimum atomic E-state index is -3.63. The van der Waals surface area contributed by atoms with Gasteiger partial charge in [0.1, 0.15) is 0 Å². The van der Waals surface area contributed by atoms with Crippen molar-refractivity contribution in [1.29, 1.82) is 0 Å². The number of H-pyrrole nitrogens is 1. The first-order valence-corrected chi connectivity index (χ1v) is 11.2. The van der Waals surface area contributed by atoms with E-state index in [1.165, 1.54) is 0 Å². The molecule has 3 heterocycles. The van der Waals surface area contributed by atoms with Crippen molar-refractivity contribution in [3.63, 3.8) is 0 Å². The molecule has 7 nitrogen and oxygen atoms in total. The van der Waals surface area contributed by atoms with E-state index in [-0.39, 0.29) is 17.5 Å². The van der Waals surface area contributed by atoms with Gasteiger partial charge in [0.15, 0.2) is 0 Å². The minimum Gasteiger partial charge on any atom is -0.361 e. The van der Waals surface area contributed by atoms with E-state index >= 15 is 0 Å². The van der Waals surface area contributed by atoms with Gasteiger partial charge in [-0.2, -0.15) is 5.10 Å². The van der Waals surface area contributed by atoms with Gasteiger partial charge in [0, 0.05) is 43.8 Å². The molecule has 1 aliphatic heterocycles. The molecule has 0 spiro atoms. The number of likely N-dealkylation sites (tertiary alicyclic amines) is 1. The largest absolute Gasteiger partial charge is 0.361 e. The van der Waals surface area contributed by atoms with E-state index < -0.39 is 10.0 Å². The number of nitrogens with one attached hydrogen (secondary N) is 2. The number of aromatic amines is 1. The molecule has 2 aromatic heterocycles. The fraction of sp³-hybridized carbons (Fsp3) is 0.286. The van der Waals surface area contributed by atoms with Crippen molar-refractivity contribution in [2.75, 3.05) is 19.6 Å². The third-order valence-electron chi connectivity index (χ3n) is 5.74. The topological polar surface area (TPSA) is 83.0 Å². The predicted octanol–water partition coefficient (Wildman–Crippen LogP) is 2.78. The standard InChI is InChI=1S/C21H23N5O2S/c1-25-19-6-3-2-5-17(19)21(24-25)20(26-11-4-12-26)14-23-29(27,28)16-8-7-15-9-10-22-18(15)13-16/h2-3,5-10,13,20,22-23H,4,11-12,14H2,1H3/t20-/m1/s1. The number of sulfonamides is 1. The number of benzene rings is 2. The Balaban J connectivity index is 1.45. The van der Waals surface area contributed by atoms with Crippen LogP contribution in [0.15, 0.2) is 59.6 Å². The van der Waals surface area contributed by atoms with Gasteiger partial charge >= 0.3 is 0 Å². The zero-order chi connectivity index (χ0) is 20.0. The number of nitrogens with zero attached hydrogens (tertiary/aromatic N) is 3. The molecule has 1 aliphatic rings. The maximum absolute atomic E-state index is 13.0. The molecule has 1 fully saturated rings. The fourth-order valence-electron chi connectivity index (χ4n) is 4.01. The third-order valence-corrected chi connectivity index (χ3v) is 7.16. The Morgan fingerprint density at radius 2 is 2.00 bits per heavy atom. The summed E-state index contributed by atoms with van der Waals surface area (Å²) in [4.78, 5) is 5.62. The van der Waals surface area contributed by atoms with Crippen LogP contribution in [0.4, 0.5) is 0 Å². The Bertz CT molecular complexity index is 1290. The number of para-hydroxylation sites is 1. The molecular weight excluding hydrogens is 386 g/mol. The average Bonchev–Trinajstić information content (AvgIpc) is 3.28. The van der Waals surface area contributed by atoms with Crippen molar-refractivity contribution >= 4 is 31.8 Å². The summed E-state index contributed by atoms with van der Waals surface area (Å²) in [6.07, 6.45) is 2.93. The number of hydrogen-bond donors (Lipinski definition) is 2. The van der Waals surface area contributed by atoms with Crippen molar-refractivity contribution in [3.8, 4) is 0 Å². The maximum atomic E-state index is 13.0. The summed E-state index contributed by atoms with van der Waals surface area (Å²) in [5.41, 5.74) is 2.78. The predicted molar refractivity (Wildman–Crippen MR) is 113 cm³/mol. The fourth-order valence-corrected chi connectivity index (χ4v) is 5.07. The van der Waals surface area contributed by atoms with E-state index in [0.717, 1.165) is 47.0 Å². The van der Waals surface area contributed by atoms with Gasteiger partial charge in [0.25, 0.3) is 0 Å². The molecule has 2 N–H and O–H groups in total. The summed E-state index contributed by atoms with van der Waals surface area (Å²) in [6.45, 7) is 2.18. The van der Waals surface area contributed by atoms with E-state index in [9.17, 15) is 8.42 Å². The van der Waals surface area contributed by atoms with Crippen LogP contribution in [0.25, 0.3) is 21.8 Å². The SMILES string of the molecule is Cn1nc([C@@H](CNS(=O)(=O)c2ccc3cc[nH]c3c2)N2CCC2)c2ccccc21. The molecule has 0 radical (unpaired) electrons. The Hall–Kier alpha value is -2.68. The third kappa shape index (κ3) is 3.23. The first kappa shape index (κ1) is 18.4. The van der Waals surface area contributed by atoms with E-state index in [4.69, 9.17) is 5.10 Å². The molecule has 2 aromatic carbocycles. The Kier molecular flexibility index (Phi) is 4.42. The van der Waals surface area contributed by atoms with Crippen molar-refractivity contribution in [3.05, 3.63) is 60.4 Å². The monoisotopic (exact) mass is 409 g/mol. The summed E-state index contributed by atoms with van der Waals surface area (Å²) in [5.74, 6) is 0. The minimum absolute atomic E-state index is 0.0983. The number of fused-ring (bicyclic) bond motifs is 2. The van der Waals surface area contributed by atoms with Crippen LogP contribution in [0.2, 0.25) is 0 Å². The molecule has 0 unspecified atom stereocenters. The van der Waals surface area contributed by atoms with Crippen LogP contribution in [0.5, 0.6) is 0 Å². The van der Waals surface area contributed by atoms with Gasteiger partial charge in [-0.1, -0.05) is 24.3 Å². The summed E-state index contributed by atoms with van der Waals surface area (Å²) in [7, 11) is -1.70. The summed E-state index contributed by atoms with van der Waals surface area (Å²) in [6, 6.07) is 15.0. The molecule has 4 aromatic rings. The number of hydrogen-bond acceptors (Lipinski definition) is 4. The lowest BCUT2D eigenvalue weighted by molar-refractivity contribution is 0.117. The smallest absolute Gasteiger partial charge is 0.240 e. The van der Waals surface area contributed by atoms with Crippen LogP contribution < -0.4 is 4.72 Å². The molecular formula is C21H23N5O2S. The van der Waals surface area contributed by atoms with Gasteiger partial charge in [0.2, 0.25) is 10.0 Å². The maximum Gasteiger partial charge on any atom is 0.240 e. The van der Waals surface area contributed by atoms with Crippen LogP contribution in [0, 0.1) is 0 Å². The van der Waals surface area contributed by atoms with Crippen LogP contribution in [0.3, 0.4) is 0 Å². The average molecular weight is 410 g/mol. The van der Waals surface area contributed by atoms with Gasteiger partial charge in [-0.3, -0.25) is 9.58 Å². The van der Waals surface area contributed by atoms with Crippen molar-refractivity contribution in [1.82, 2.24) is 24.4 Å². The van der Waals surface area contributed by atoms with Gasteiger partial charge < -0.3 is 4.98 Å². The highest BCUT2D eigenvalue weighted by atomic mass is 32.2. The number of aryl methyl sites for hydroxylation is 1. The van der Waals surface area contributed by atoms with Gasteiger partial charge in [-0.15, -0.1) is 0 Å². The van der Waals surface area contributed by atoms with Gasteiger partial charge in [-0.05, 0) is 36.1 Å². The molecule has 29 heavy (non-hydrogen) atoms. The normalized spacial score (nSPS) is 16.3. The lowest BCUT2D eigenvalue weighted by Gasteiger charge is -2.37. The van der Waals surface area contributed by atoms with Crippen molar-refractivity contribution in [2.24, 2.45) is 7.05 Å². The second-order valence-electron chi connectivity index (χ2n) is 7.51. The first-order chi connectivity index (χ1) is 14.0. The quantitative estimate of drug-likeness (QED) is 0.513. The zero-order valence-electron chi connectivity index (χ0n) is 16.2. The lowest BCUT2D eigenvalue weighted by Crippen LogP contribution is -2.45. The van der Waals surface area contributed by atoms with Crippen molar-refractivity contribution < 1.29 is 8.42 Å². The first-order valence-electron chi connectivity index (χ1n) is 9.75. The molecule has 0 bridgehead atoms. The molecule has 1 saturated heterocycles. The molecule has 0 saturated carbocycles. The van der Waals surface area contributed by atoms with E-state index in [1.807, 2.05) is 42.1 Å². The Morgan fingerprint density at radius 1 is 1.17 bits per heavy atom. The lowest BCUT2D eigenvalue weighted by atomic mass is 10.0.